The van der Waals surface area contributed by atoms with Gasteiger partial charge in [-0.25, -0.2) is 9.59 Å². The number of furan rings is 1. The number of hydrogen-bond acceptors (Lipinski definition) is 6. The van der Waals surface area contributed by atoms with E-state index in [1.807, 2.05) is 6.26 Å². The molecule has 8 nitrogen and oxygen atoms in total. The van der Waals surface area contributed by atoms with Gasteiger partial charge in [0.1, 0.15) is 12.4 Å². The Bertz CT molecular complexity index is 888. The van der Waals surface area contributed by atoms with E-state index in [0.29, 0.717) is 12.2 Å². The average Bonchev–Trinajstić information content (AvgIpc) is 3.11. The molecule has 4 rings (SSSR count). The van der Waals surface area contributed by atoms with Gasteiger partial charge in [-0.05, 0) is 49.2 Å². The van der Waals surface area contributed by atoms with Crippen molar-refractivity contribution in [3.05, 3.63) is 47.9 Å². The van der Waals surface area contributed by atoms with Crippen LogP contribution >= 0.6 is 0 Å². The van der Waals surface area contributed by atoms with Crippen molar-refractivity contribution in [3.8, 4) is 16.9 Å². The van der Waals surface area contributed by atoms with Crippen LogP contribution in [0.3, 0.4) is 0 Å². The lowest BCUT2D eigenvalue weighted by molar-refractivity contribution is -0.134. The maximum atomic E-state index is 9.55. The first-order valence-corrected chi connectivity index (χ1v) is 9.37. The molecular formula is C21H24N2O6. The third-order valence-electron chi connectivity index (χ3n) is 4.83. The summed E-state index contributed by atoms with van der Waals surface area (Å²) in [6, 6.07) is 4.30. The minimum absolute atomic E-state index is 0.558. The fraction of sp³-hybridized carbons (Fsp3) is 0.333. The summed E-state index contributed by atoms with van der Waals surface area (Å²) in [5, 5.41) is 19.1. The number of anilines is 1. The summed E-state index contributed by atoms with van der Waals surface area (Å²) in [6.07, 6.45) is 6.82. The molecule has 154 valence electrons. The fourth-order valence-electron chi connectivity index (χ4n) is 3.56. The van der Waals surface area contributed by atoms with Crippen LogP contribution < -0.4 is 15.0 Å². The topological polar surface area (TPSA) is 112 Å². The van der Waals surface area contributed by atoms with Crippen LogP contribution in [0.2, 0.25) is 0 Å². The molecule has 0 saturated carbocycles. The highest BCUT2D eigenvalue weighted by molar-refractivity contribution is 5.89. The number of hydrogen-bond donors (Lipinski definition) is 3. The number of benzene rings is 1. The Kier molecular flexibility index (Phi) is 6.56. The molecule has 0 bridgehead atoms. The number of carbonyl (C=O) groups is 2. The average molecular weight is 400 g/mol. The Hall–Kier alpha value is -3.26. The lowest BCUT2D eigenvalue weighted by Crippen LogP contribution is -2.30. The number of carboxylic acid groups (broad SMARTS) is 2. The van der Waals surface area contributed by atoms with Gasteiger partial charge in [0.2, 0.25) is 0 Å². The molecule has 2 aliphatic rings. The van der Waals surface area contributed by atoms with Crippen LogP contribution in [0.25, 0.3) is 11.1 Å². The Labute approximate surface area is 168 Å². The molecule has 0 atom stereocenters. The van der Waals surface area contributed by atoms with E-state index in [1.54, 1.807) is 6.26 Å². The third-order valence-corrected chi connectivity index (χ3v) is 4.83. The second-order valence-corrected chi connectivity index (χ2v) is 6.78. The van der Waals surface area contributed by atoms with E-state index < -0.39 is 11.9 Å². The van der Waals surface area contributed by atoms with Crippen molar-refractivity contribution >= 4 is 17.6 Å². The first kappa shape index (κ1) is 20.5. The molecule has 0 aliphatic carbocycles. The summed E-state index contributed by atoms with van der Waals surface area (Å²) < 4.78 is 11.3. The lowest BCUT2D eigenvalue weighted by Gasteiger charge is -2.32. The monoisotopic (exact) mass is 400 g/mol. The molecule has 3 N–H and O–H groups in total. The van der Waals surface area contributed by atoms with E-state index in [9.17, 15) is 9.59 Å². The van der Waals surface area contributed by atoms with Gasteiger partial charge in [0.05, 0.1) is 24.8 Å². The van der Waals surface area contributed by atoms with Crippen LogP contribution in [0.15, 0.2) is 41.2 Å². The first-order valence-electron chi connectivity index (χ1n) is 9.37. The van der Waals surface area contributed by atoms with Crippen LogP contribution in [0.5, 0.6) is 5.75 Å². The largest absolute Gasteiger partial charge is 0.490 e. The maximum absolute atomic E-state index is 9.55. The third kappa shape index (κ3) is 4.97. The smallest absolute Gasteiger partial charge is 0.328 e. The molecule has 0 spiro atoms. The van der Waals surface area contributed by atoms with Crippen molar-refractivity contribution in [3.63, 3.8) is 0 Å². The van der Waals surface area contributed by atoms with Gasteiger partial charge in [0.25, 0.3) is 0 Å². The van der Waals surface area contributed by atoms with Crippen molar-refractivity contribution < 1.29 is 29.0 Å². The van der Waals surface area contributed by atoms with E-state index in [2.05, 4.69) is 29.4 Å². The molecule has 0 radical (unpaired) electrons. The summed E-state index contributed by atoms with van der Waals surface area (Å²) in [5.74, 6) is -1.50. The van der Waals surface area contributed by atoms with Gasteiger partial charge >= 0.3 is 11.9 Å². The lowest BCUT2D eigenvalue weighted by atomic mass is 9.90. The molecule has 2 aromatic rings. The van der Waals surface area contributed by atoms with Crippen LogP contribution in [0, 0.1) is 0 Å². The van der Waals surface area contributed by atoms with Crippen molar-refractivity contribution in [2.24, 2.45) is 0 Å². The van der Waals surface area contributed by atoms with Gasteiger partial charge in [0.15, 0.2) is 0 Å². The zero-order chi connectivity index (χ0) is 20.8. The van der Waals surface area contributed by atoms with Gasteiger partial charge in [-0.2, -0.15) is 0 Å². The zero-order valence-corrected chi connectivity index (χ0v) is 16.2. The number of fused-ring (bicyclic) bond motifs is 2. The van der Waals surface area contributed by atoms with Crippen LogP contribution in [-0.2, 0) is 22.4 Å². The predicted octanol–water partition coefficient (Wildman–Crippen LogP) is 2.18. The molecule has 0 amide bonds. The zero-order valence-electron chi connectivity index (χ0n) is 16.2. The number of ether oxygens (including phenoxy) is 1. The highest BCUT2D eigenvalue weighted by atomic mass is 16.5. The summed E-state index contributed by atoms with van der Waals surface area (Å²) in [5.41, 5.74) is 6.51. The van der Waals surface area contributed by atoms with E-state index >= 15 is 0 Å². The van der Waals surface area contributed by atoms with Crippen molar-refractivity contribution in [1.82, 2.24) is 5.32 Å². The summed E-state index contributed by atoms with van der Waals surface area (Å²) >= 11 is 0. The van der Waals surface area contributed by atoms with Gasteiger partial charge in [-0.15, -0.1) is 0 Å². The van der Waals surface area contributed by atoms with E-state index in [-0.39, 0.29) is 0 Å². The number of carboxylic acids is 2. The number of nitrogens with zero attached hydrogens (tertiary/aromatic N) is 1. The van der Waals surface area contributed by atoms with Crippen LogP contribution in [-0.4, -0.2) is 55.4 Å². The number of rotatable bonds is 3. The van der Waals surface area contributed by atoms with Gasteiger partial charge in [-0.1, -0.05) is 0 Å². The normalized spacial score (nSPS) is 15.4. The predicted molar refractivity (Wildman–Crippen MR) is 108 cm³/mol. The van der Waals surface area contributed by atoms with Gasteiger partial charge in [-0.3, -0.25) is 0 Å². The number of likely N-dealkylation sites (N-methyl/N-ethyl adjacent to an activating group) is 1. The number of aliphatic carboxylic acids is 2. The standard InChI is InChI=1S/C17H20N2O2.C4H4O4/c1-19-7-9-21-15-10-12-2-5-18-6-3-14(12)16(17(15)19)13-4-8-20-11-13;5-3(6)1-2-4(7)8/h4,8,10-11,18H,2-3,5-7,9H2,1H3;1-2H,(H,5,6)(H,7,8)/b;2-1+. The van der Waals surface area contributed by atoms with Crippen molar-refractivity contribution in [2.75, 3.05) is 38.2 Å². The molecule has 0 fully saturated rings. The molecule has 0 unspecified atom stereocenters. The van der Waals surface area contributed by atoms with E-state index in [0.717, 1.165) is 50.4 Å². The maximum Gasteiger partial charge on any atom is 0.328 e. The minimum atomic E-state index is -1.26. The number of nitrogens with one attached hydrogen (secondary N) is 1. The molecule has 29 heavy (non-hydrogen) atoms. The van der Waals surface area contributed by atoms with Crippen molar-refractivity contribution in [1.29, 1.82) is 0 Å². The quantitative estimate of drug-likeness (QED) is 0.672. The minimum Gasteiger partial charge on any atom is -0.490 e. The first-order chi connectivity index (χ1) is 14.0. The SMILES string of the molecule is CN1CCOc2cc3c(c(-c4ccoc4)c21)CCNCC3.O=C(O)/C=C/C(=O)O. The molecule has 8 heteroatoms. The summed E-state index contributed by atoms with van der Waals surface area (Å²) in [6.45, 7) is 3.74. The molecule has 1 aromatic carbocycles. The fourth-order valence-corrected chi connectivity index (χ4v) is 3.56. The highest BCUT2D eigenvalue weighted by Crippen LogP contribution is 2.45. The van der Waals surface area contributed by atoms with Gasteiger partial charge < -0.3 is 29.6 Å². The molecule has 2 aliphatic heterocycles. The van der Waals surface area contributed by atoms with Crippen LogP contribution in [0.4, 0.5) is 5.69 Å². The van der Waals surface area contributed by atoms with E-state index in [1.165, 1.54) is 22.4 Å². The second kappa shape index (κ2) is 9.29. The molecular weight excluding hydrogens is 376 g/mol. The van der Waals surface area contributed by atoms with Crippen LogP contribution in [0.1, 0.15) is 11.1 Å². The Balaban J connectivity index is 0.000000258. The Morgan fingerprint density at radius 2 is 1.90 bits per heavy atom. The molecule has 1 aromatic heterocycles. The Morgan fingerprint density at radius 1 is 1.17 bits per heavy atom. The Morgan fingerprint density at radius 3 is 2.55 bits per heavy atom. The summed E-state index contributed by atoms with van der Waals surface area (Å²) in [4.78, 5) is 21.4. The van der Waals surface area contributed by atoms with E-state index in [4.69, 9.17) is 19.4 Å². The van der Waals surface area contributed by atoms with Gasteiger partial charge in [0, 0.05) is 30.3 Å². The molecule has 3 heterocycles. The second-order valence-electron chi connectivity index (χ2n) is 6.78. The van der Waals surface area contributed by atoms with Crippen molar-refractivity contribution in [2.45, 2.75) is 12.8 Å². The summed E-state index contributed by atoms with van der Waals surface area (Å²) in [7, 11) is 2.15. The highest BCUT2D eigenvalue weighted by Gasteiger charge is 2.26. The molecule has 0 saturated heterocycles.